The Morgan fingerprint density at radius 2 is 2.17 bits per heavy atom. The van der Waals surface area contributed by atoms with Crippen molar-refractivity contribution in [2.24, 2.45) is 0 Å². The molecule has 0 atom stereocenters. The summed E-state index contributed by atoms with van der Waals surface area (Å²) in [7, 11) is 5.00. The van der Waals surface area contributed by atoms with E-state index < -0.39 is 4.92 Å². The zero-order chi connectivity index (χ0) is 16.5. The van der Waals surface area contributed by atoms with Crippen LogP contribution in [0.2, 0.25) is 0 Å². The fourth-order valence-corrected chi connectivity index (χ4v) is 2.65. The normalized spacial score (nSPS) is 9.87. The minimum atomic E-state index is -0.469. The monoisotopic (exact) mass is 363 g/mol. The first-order chi connectivity index (χ1) is 10.5. The van der Waals surface area contributed by atoms with Crippen LogP contribution in [0.25, 0.3) is 0 Å². The second kappa shape index (κ2) is 11.1. The molecule has 0 aromatic heterocycles. The highest BCUT2D eigenvalue weighted by atomic mass is 35.5. The van der Waals surface area contributed by atoms with Gasteiger partial charge in [0.15, 0.2) is 5.75 Å². The molecular weight excluding hydrogens is 342 g/mol. The number of carbonyl (C=O) groups excluding carboxylic acids is 1. The lowest BCUT2D eigenvalue weighted by Crippen LogP contribution is -2.33. The standard InChI is InChI=1S/C14H21N3O4S.ClH/c1-15-6-7-16(2)14(18)10-22-9-11-4-5-13(21-3)12(8-11)17(19)20;/h4-5,8,15H,6-7,9-10H2,1-3H3;1H. The molecule has 7 nitrogen and oxygen atoms in total. The number of nitro benzene ring substituents is 1. The molecule has 0 radical (unpaired) electrons. The summed E-state index contributed by atoms with van der Waals surface area (Å²) < 4.78 is 4.96. The van der Waals surface area contributed by atoms with E-state index in [1.165, 1.54) is 24.9 Å². The molecule has 1 amide bonds. The fourth-order valence-electron chi connectivity index (χ4n) is 1.74. The van der Waals surface area contributed by atoms with Crippen molar-refractivity contribution in [2.75, 3.05) is 40.0 Å². The molecule has 23 heavy (non-hydrogen) atoms. The molecule has 9 heteroatoms. The number of thioether (sulfide) groups is 1. The number of nitrogens with one attached hydrogen (secondary N) is 1. The van der Waals surface area contributed by atoms with Gasteiger partial charge < -0.3 is 15.0 Å². The van der Waals surface area contributed by atoms with Crippen LogP contribution in [-0.2, 0) is 10.5 Å². The lowest BCUT2D eigenvalue weighted by Gasteiger charge is -2.16. The fraction of sp³-hybridized carbons (Fsp3) is 0.500. The Labute approximate surface area is 146 Å². The van der Waals surface area contributed by atoms with Gasteiger partial charge in [-0.15, -0.1) is 24.2 Å². The highest BCUT2D eigenvalue weighted by Gasteiger charge is 2.15. The first-order valence-corrected chi connectivity index (χ1v) is 7.92. The second-order valence-electron chi connectivity index (χ2n) is 4.67. The van der Waals surface area contributed by atoms with Crippen molar-refractivity contribution in [3.63, 3.8) is 0 Å². The molecule has 1 aromatic carbocycles. The smallest absolute Gasteiger partial charge is 0.311 e. The van der Waals surface area contributed by atoms with E-state index in [4.69, 9.17) is 4.74 Å². The Kier molecular flexibility index (Phi) is 10.4. The number of hydrogen-bond donors (Lipinski definition) is 1. The van der Waals surface area contributed by atoms with Gasteiger partial charge in [0.25, 0.3) is 0 Å². The van der Waals surface area contributed by atoms with Gasteiger partial charge in [-0.05, 0) is 18.7 Å². The summed E-state index contributed by atoms with van der Waals surface area (Å²) in [4.78, 5) is 24.0. The first kappa shape index (κ1) is 21.5. The summed E-state index contributed by atoms with van der Waals surface area (Å²) >= 11 is 1.44. The molecule has 0 fully saturated rings. The summed E-state index contributed by atoms with van der Waals surface area (Å²) in [5, 5.41) is 13.9. The van der Waals surface area contributed by atoms with Gasteiger partial charge in [-0.2, -0.15) is 0 Å². The van der Waals surface area contributed by atoms with Crippen molar-refractivity contribution in [2.45, 2.75) is 5.75 Å². The summed E-state index contributed by atoms with van der Waals surface area (Å²) in [6.45, 7) is 1.40. The van der Waals surface area contributed by atoms with Gasteiger partial charge in [0.1, 0.15) is 0 Å². The molecule has 0 bridgehead atoms. The van der Waals surface area contributed by atoms with Gasteiger partial charge in [-0.1, -0.05) is 6.07 Å². The van der Waals surface area contributed by atoms with Crippen LogP contribution in [0.1, 0.15) is 5.56 Å². The van der Waals surface area contributed by atoms with Crippen molar-refractivity contribution < 1.29 is 14.5 Å². The van der Waals surface area contributed by atoms with Crippen LogP contribution in [0.3, 0.4) is 0 Å². The predicted octanol–water partition coefficient (Wildman–Crippen LogP) is 1.94. The minimum Gasteiger partial charge on any atom is -0.490 e. The van der Waals surface area contributed by atoms with E-state index in [1.807, 2.05) is 7.05 Å². The van der Waals surface area contributed by atoms with Crippen molar-refractivity contribution in [1.29, 1.82) is 0 Å². The quantitative estimate of drug-likeness (QED) is 0.533. The molecule has 0 aliphatic carbocycles. The molecule has 0 saturated heterocycles. The topological polar surface area (TPSA) is 84.7 Å². The molecule has 0 spiro atoms. The van der Waals surface area contributed by atoms with E-state index in [0.29, 0.717) is 18.1 Å². The average Bonchev–Trinajstić information content (AvgIpc) is 2.52. The van der Waals surface area contributed by atoms with Crippen LogP contribution in [0, 0.1) is 10.1 Å². The second-order valence-corrected chi connectivity index (χ2v) is 5.66. The van der Waals surface area contributed by atoms with Crippen molar-refractivity contribution >= 4 is 35.8 Å². The summed E-state index contributed by atoms with van der Waals surface area (Å²) in [6, 6.07) is 4.84. The number of carbonyl (C=O) groups is 1. The van der Waals surface area contributed by atoms with E-state index in [-0.39, 0.29) is 29.8 Å². The SMILES string of the molecule is CNCCN(C)C(=O)CSCc1ccc(OC)c([N+](=O)[O-])c1.Cl. The van der Waals surface area contributed by atoms with Crippen molar-refractivity contribution in [1.82, 2.24) is 10.2 Å². The molecule has 0 saturated carbocycles. The lowest BCUT2D eigenvalue weighted by atomic mass is 10.2. The van der Waals surface area contributed by atoms with E-state index in [0.717, 1.165) is 12.1 Å². The third-order valence-corrected chi connectivity index (χ3v) is 4.05. The molecule has 0 unspecified atom stereocenters. The predicted molar refractivity (Wildman–Crippen MR) is 94.6 cm³/mol. The zero-order valence-corrected chi connectivity index (χ0v) is 15.0. The van der Waals surface area contributed by atoms with Crippen LogP contribution in [0.5, 0.6) is 5.75 Å². The summed E-state index contributed by atoms with van der Waals surface area (Å²) in [6.07, 6.45) is 0. The van der Waals surface area contributed by atoms with Gasteiger partial charge in [0.05, 0.1) is 17.8 Å². The van der Waals surface area contributed by atoms with Gasteiger partial charge in [-0.3, -0.25) is 14.9 Å². The number of methoxy groups -OCH3 is 1. The Bertz CT molecular complexity index is 531. The highest BCUT2D eigenvalue weighted by Crippen LogP contribution is 2.28. The molecule has 1 aromatic rings. The number of benzene rings is 1. The van der Waals surface area contributed by atoms with Crippen molar-refractivity contribution in [3.8, 4) is 5.75 Å². The third-order valence-electron chi connectivity index (χ3n) is 3.06. The Balaban J connectivity index is 0.00000484. The van der Waals surface area contributed by atoms with Gasteiger partial charge in [0.2, 0.25) is 5.91 Å². The molecule has 1 N–H and O–H groups in total. The molecule has 130 valence electrons. The van der Waals surface area contributed by atoms with Gasteiger partial charge in [0, 0.05) is 32.0 Å². The van der Waals surface area contributed by atoms with Crippen molar-refractivity contribution in [3.05, 3.63) is 33.9 Å². The minimum absolute atomic E-state index is 0. The Hall–Kier alpha value is -1.51. The number of halogens is 1. The number of amides is 1. The number of rotatable bonds is 9. The maximum absolute atomic E-state index is 11.9. The number of likely N-dealkylation sites (N-methyl/N-ethyl adjacent to an activating group) is 2. The number of nitrogens with zero attached hydrogens (tertiary/aromatic N) is 2. The summed E-state index contributed by atoms with van der Waals surface area (Å²) in [5.41, 5.74) is 0.737. The van der Waals surface area contributed by atoms with Crippen LogP contribution in [-0.4, -0.2) is 55.8 Å². The number of nitro groups is 1. The average molecular weight is 364 g/mol. The number of hydrogen-bond acceptors (Lipinski definition) is 6. The molecule has 0 aliphatic rings. The summed E-state index contributed by atoms with van der Waals surface area (Å²) in [5.74, 6) is 1.17. The molecule has 0 aliphatic heterocycles. The van der Waals surface area contributed by atoms with E-state index in [1.54, 1.807) is 24.1 Å². The number of ether oxygens (including phenoxy) is 1. The molecule has 1 rings (SSSR count). The first-order valence-electron chi connectivity index (χ1n) is 6.77. The lowest BCUT2D eigenvalue weighted by molar-refractivity contribution is -0.385. The van der Waals surface area contributed by atoms with Crippen LogP contribution < -0.4 is 10.1 Å². The molecule has 0 heterocycles. The molecular formula is C14H22ClN3O4S. The zero-order valence-electron chi connectivity index (χ0n) is 13.4. The van der Waals surface area contributed by atoms with E-state index in [9.17, 15) is 14.9 Å². The van der Waals surface area contributed by atoms with E-state index >= 15 is 0 Å². The third kappa shape index (κ3) is 7.06. The Morgan fingerprint density at radius 1 is 1.48 bits per heavy atom. The Morgan fingerprint density at radius 3 is 2.74 bits per heavy atom. The van der Waals surface area contributed by atoms with Gasteiger partial charge in [-0.25, -0.2) is 0 Å². The maximum atomic E-state index is 11.9. The van der Waals surface area contributed by atoms with Gasteiger partial charge >= 0.3 is 5.69 Å². The highest BCUT2D eigenvalue weighted by molar-refractivity contribution is 7.99. The van der Waals surface area contributed by atoms with Crippen LogP contribution >= 0.6 is 24.2 Å². The van der Waals surface area contributed by atoms with E-state index in [2.05, 4.69) is 5.32 Å². The largest absolute Gasteiger partial charge is 0.490 e. The van der Waals surface area contributed by atoms with Crippen LogP contribution in [0.15, 0.2) is 18.2 Å². The van der Waals surface area contributed by atoms with Crippen LogP contribution in [0.4, 0.5) is 5.69 Å². The maximum Gasteiger partial charge on any atom is 0.311 e.